The fraction of sp³-hybridized carbons (Fsp3) is 0.294. The van der Waals surface area contributed by atoms with E-state index in [4.69, 9.17) is 0 Å². The van der Waals surface area contributed by atoms with Crippen LogP contribution in [0.4, 0.5) is 26.7 Å². The van der Waals surface area contributed by atoms with Gasteiger partial charge in [-0.1, -0.05) is 18.2 Å². The minimum atomic E-state index is -5.38. The topological polar surface area (TPSA) is 87.7 Å². The van der Waals surface area contributed by atoms with E-state index >= 15 is 0 Å². The maximum atomic E-state index is 13.7. The minimum absolute atomic E-state index is 0.0148. The fourth-order valence-corrected chi connectivity index (χ4v) is 3.75. The number of Topliss-reactive ketones (excluding diaryl/α,β-unsaturated/α-hetero) is 1. The van der Waals surface area contributed by atoms with Gasteiger partial charge in [0.15, 0.2) is 5.78 Å². The number of urea groups is 1. The molecule has 1 fully saturated rings. The van der Waals surface area contributed by atoms with Gasteiger partial charge in [0.25, 0.3) is 0 Å². The van der Waals surface area contributed by atoms with E-state index in [0.717, 1.165) is 35.6 Å². The first-order valence-corrected chi connectivity index (χ1v) is 8.91. The van der Waals surface area contributed by atoms with E-state index in [1.807, 2.05) is 0 Å². The summed E-state index contributed by atoms with van der Waals surface area (Å²) >= 11 is 0.872. The van der Waals surface area contributed by atoms with Crippen LogP contribution in [0.15, 0.2) is 41.8 Å². The Morgan fingerprint density at radius 2 is 1.86 bits per heavy atom. The van der Waals surface area contributed by atoms with E-state index < -0.39 is 42.3 Å². The van der Waals surface area contributed by atoms with Gasteiger partial charge in [-0.05, 0) is 29.1 Å². The van der Waals surface area contributed by atoms with Crippen molar-refractivity contribution in [3.8, 4) is 5.75 Å². The van der Waals surface area contributed by atoms with Crippen molar-refractivity contribution in [1.29, 1.82) is 0 Å². The van der Waals surface area contributed by atoms with Gasteiger partial charge >= 0.3 is 18.8 Å². The van der Waals surface area contributed by atoms with Gasteiger partial charge < -0.3 is 20.5 Å². The number of amides is 2. The van der Waals surface area contributed by atoms with Crippen molar-refractivity contribution in [2.24, 2.45) is 5.92 Å². The van der Waals surface area contributed by atoms with Gasteiger partial charge in [0.05, 0.1) is 10.9 Å². The molecule has 3 atom stereocenters. The molecule has 0 radical (unpaired) electrons. The number of ketones is 1. The van der Waals surface area contributed by atoms with Crippen LogP contribution in [0, 0.1) is 5.92 Å². The molecule has 0 spiro atoms. The van der Waals surface area contributed by atoms with Crippen molar-refractivity contribution in [3.63, 3.8) is 0 Å². The molecule has 1 saturated heterocycles. The largest absolute Gasteiger partial charge is 0.437 e. The van der Waals surface area contributed by atoms with E-state index in [0.29, 0.717) is 0 Å². The quantitative estimate of drug-likeness (QED) is 0.495. The van der Waals surface area contributed by atoms with Crippen molar-refractivity contribution in [2.45, 2.75) is 24.6 Å². The van der Waals surface area contributed by atoms with E-state index in [1.54, 1.807) is 0 Å². The third-order valence-corrected chi connectivity index (χ3v) is 5.20. The normalized spacial score (nSPS) is 24.7. The van der Waals surface area contributed by atoms with Crippen molar-refractivity contribution in [1.82, 2.24) is 10.6 Å². The lowest BCUT2D eigenvalue weighted by Crippen LogP contribution is -2.72. The van der Waals surface area contributed by atoms with Crippen molar-refractivity contribution in [2.75, 3.05) is 0 Å². The molecule has 29 heavy (non-hydrogen) atoms. The molecule has 1 aromatic carbocycles. The van der Waals surface area contributed by atoms with Gasteiger partial charge in [0.1, 0.15) is 11.7 Å². The number of thiophene rings is 1. The summed E-state index contributed by atoms with van der Waals surface area (Å²) < 4.78 is 69.9. The van der Waals surface area contributed by atoms with Crippen LogP contribution in [0.2, 0.25) is 0 Å². The molecular formula is C17H13F5N2O4S. The average Bonchev–Trinajstić information content (AvgIpc) is 3.14. The average molecular weight is 436 g/mol. The van der Waals surface area contributed by atoms with Gasteiger partial charge in [-0.15, -0.1) is 11.3 Å². The van der Waals surface area contributed by atoms with Crippen LogP contribution >= 0.6 is 11.3 Å². The number of carbonyl (C=O) groups is 2. The zero-order valence-electron chi connectivity index (χ0n) is 14.2. The van der Waals surface area contributed by atoms with Crippen molar-refractivity contribution >= 4 is 23.2 Å². The summed E-state index contributed by atoms with van der Waals surface area (Å²) in [7, 11) is 0. The molecule has 12 heteroatoms. The van der Waals surface area contributed by atoms with Crippen LogP contribution in [0.3, 0.4) is 0 Å². The monoisotopic (exact) mass is 436 g/mol. The van der Waals surface area contributed by atoms with Crippen LogP contribution in [0.25, 0.3) is 0 Å². The smallest absolute Gasteiger partial charge is 0.435 e. The van der Waals surface area contributed by atoms with Crippen LogP contribution in [0.1, 0.15) is 21.3 Å². The molecule has 3 rings (SSSR count). The molecule has 0 bridgehead atoms. The van der Waals surface area contributed by atoms with E-state index in [2.05, 4.69) is 10.1 Å². The number of ether oxygens (including phenoxy) is 1. The van der Waals surface area contributed by atoms with Gasteiger partial charge in [0.2, 0.25) is 5.72 Å². The highest BCUT2D eigenvalue weighted by Gasteiger charge is 2.66. The molecule has 1 aliphatic rings. The maximum Gasteiger partial charge on any atom is 0.437 e. The molecule has 2 amide bonds. The molecule has 0 aliphatic carbocycles. The highest BCUT2D eigenvalue weighted by Crippen LogP contribution is 2.44. The van der Waals surface area contributed by atoms with Crippen LogP contribution in [-0.2, 0) is 0 Å². The van der Waals surface area contributed by atoms with Crippen LogP contribution in [0.5, 0.6) is 5.75 Å². The van der Waals surface area contributed by atoms with E-state index in [1.165, 1.54) is 22.8 Å². The van der Waals surface area contributed by atoms with Crippen LogP contribution in [-0.4, -0.2) is 35.4 Å². The Kier molecular flexibility index (Phi) is 5.50. The second kappa shape index (κ2) is 7.59. The molecule has 0 unspecified atom stereocenters. The zero-order valence-corrected chi connectivity index (χ0v) is 15.1. The lowest BCUT2D eigenvalue weighted by atomic mass is 9.78. The number of rotatable bonds is 5. The summed E-state index contributed by atoms with van der Waals surface area (Å²) in [6.07, 6.45) is -5.38. The predicted octanol–water partition coefficient (Wildman–Crippen LogP) is 3.45. The molecule has 0 saturated carbocycles. The molecule has 2 heterocycles. The Labute approximate surface area is 164 Å². The Morgan fingerprint density at radius 3 is 2.38 bits per heavy atom. The lowest BCUT2D eigenvalue weighted by Gasteiger charge is -2.44. The number of hydrogen-bond acceptors (Lipinski definition) is 5. The van der Waals surface area contributed by atoms with Gasteiger partial charge in [-0.25, -0.2) is 4.79 Å². The number of halogens is 5. The molecular weight excluding hydrogens is 423 g/mol. The number of nitrogens with one attached hydrogen (secondary N) is 2. The number of alkyl halides is 5. The number of hydrogen-bond donors (Lipinski definition) is 3. The first kappa shape index (κ1) is 21.0. The second-order valence-corrected chi connectivity index (χ2v) is 7.05. The molecule has 1 aromatic heterocycles. The lowest BCUT2D eigenvalue weighted by molar-refractivity contribution is -0.287. The third-order valence-electron chi connectivity index (χ3n) is 4.32. The highest BCUT2D eigenvalue weighted by atomic mass is 32.1. The van der Waals surface area contributed by atoms with Gasteiger partial charge in [-0.3, -0.25) is 4.79 Å². The first-order valence-electron chi connectivity index (χ1n) is 8.03. The maximum absolute atomic E-state index is 13.7. The Morgan fingerprint density at radius 1 is 1.21 bits per heavy atom. The molecule has 6 nitrogen and oxygen atoms in total. The number of aliphatic hydroxyl groups is 1. The molecule has 2 aromatic rings. The van der Waals surface area contributed by atoms with E-state index in [-0.39, 0.29) is 16.2 Å². The number of benzene rings is 1. The summed E-state index contributed by atoms with van der Waals surface area (Å²) in [5.74, 6) is -3.50. The zero-order chi connectivity index (χ0) is 21.4. The third kappa shape index (κ3) is 4.03. The number of carbonyl (C=O) groups excluding carboxylic acids is 2. The van der Waals surface area contributed by atoms with Crippen molar-refractivity contribution < 1.29 is 41.4 Å². The van der Waals surface area contributed by atoms with Gasteiger partial charge in [-0.2, -0.15) is 22.0 Å². The Balaban J connectivity index is 2.06. The summed E-state index contributed by atoms with van der Waals surface area (Å²) in [5.41, 5.74) is -3.86. The fourth-order valence-electron chi connectivity index (χ4n) is 3.05. The molecule has 156 valence electrons. The summed E-state index contributed by atoms with van der Waals surface area (Å²) in [6, 6.07) is 4.15. The molecule has 1 aliphatic heterocycles. The SMILES string of the molecule is O=C1N[C@H](c2ccc(OC(F)F)cc2)[C@H](C(=O)c2cccs2)[C@](O)(C(F)(F)F)N1. The summed E-state index contributed by atoms with van der Waals surface area (Å²) in [6.45, 7) is -3.11. The summed E-state index contributed by atoms with van der Waals surface area (Å²) in [5, 5.41) is 15.4. The van der Waals surface area contributed by atoms with Crippen LogP contribution < -0.4 is 15.4 Å². The molecule has 3 N–H and O–H groups in total. The van der Waals surface area contributed by atoms with Crippen molar-refractivity contribution in [3.05, 3.63) is 52.2 Å². The highest BCUT2D eigenvalue weighted by molar-refractivity contribution is 7.12. The second-order valence-electron chi connectivity index (χ2n) is 6.11. The minimum Gasteiger partial charge on any atom is -0.435 e. The Bertz CT molecular complexity index is 888. The predicted molar refractivity (Wildman–Crippen MR) is 90.6 cm³/mol. The first-order chi connectivity index (χ1) is 13.5. The van der Waals surface area contributed by atoms with E-state index in [9.17, 15) is 36.6 Å². The van der Waals surface area contributed by atoms with Gasteiger partial charge in [0, 0.05) is 0 Å². The Hall–Kier alpha value is -2.73. The standard InChI is InChI=1S/C17H13F5N2O4S/c18-14(19)28-9-5-3-8(4-6-9)12-11(13(25)10-2-1-7-29-10)16(27,17(20,21)22)24-15(26)23-12/h1-7,11-12,14,27H,(H2,23,24,26)/t11-,12-,16+/m1/s1. The summed E-state index contributed by atoms with van der Waals surface area (Å²) in [4.78, 5) is 24.7.